The van der Waals surface area contributed by atoms with Crippen molar-refractivity contribution in [2.45, 2.75) is 4.90 Å². The molecule has 2 aromatic rings. The van der Waals surface area contributed by atoms with Gasteiger partial charge in [-0.1, -0.05) is 0 Å². The molecule has 0 atom stereocenters. The molecule has 7 nitrogen and oxygen atoms in total. The van der Waals surface area contributed by atoms with Crippen LogP contribution in [0.25, 0.3) is 0 Å². The first-order valence-corrected chi connectivity index (χ1v) is 6.73. The Bertz CT molecular complexity index is 674. The maximum atomic E-state index is 12.1. The summed E-state index contributed by atoms with van der Waals surface area (Å²) in [5.74, 6) is 0.605. The van der Waals surface area contributed by atoms with E-state index in [4.69, 9.17) is 10.5 Å². The number of nitrogens with one attached hydrogen (secondary N) is 1. The normalized spacial score (nSPS) is 11.0. The molecule has 0 aliphatic carbocycles. The molecule has 19 heavy (non-hydrogen) atoms. The maximum Gasteiger partial charge on any atom is 0.265 e. The van der Waals surface area contributed by atoms with Crippen LogP contribution < -0.4 is 15.2 Å². The van der Waals surface area contributed by atoms with Crippen LogP contribution in [-0.4, -0.2) is 25.5 Å². The van der Waals surface area contributed by atoms with E-state index in [9.17, 15) is 8.42 Å². The molecule has 0 radical (unpaired) electrons. The van der Waals surface area contributed by atoms with Gasteiger partial charge in [-0.05, 0) is 12.1 Å². The van der Waals surface area contributed by atoms with Gasteiger partial charge in [0.1, 0.15) is 10.6 Å². The lowest BCUT2D eigenvalue weighted by Crippen LogP contribution is -2.15. The first-order valence-electron chi connectivity index (χ1n) is 5.25. The number of ether oxygens (including phenoxy) is 1. The van der Waals surface area contributed by atoms with Crippen LogP contribution in [0, 0.1) is 0 Å². The average Bonchev–Trinajstić information content (AvgIpc) is 2.38. The number of nitrogen functional groups attached to an aromatic ring is 1. The molecule has 0 amide bonds. The van der Waals surface area contributed by atoms with Crippen molar-refractivity contribution in [2.75, 3.05) is 17.6 Å². The third kappa shape index (κ3) is 2.91. The summed E-state index contributed by atoms with van der Waals surface area (Å²) in [6, 6.07) is 4.32. The van der Waals surface area contributed by atoms with Gasteiger partial charge < -0.3 is 10.5 Å². The molecule has 0 spiro atoms. The van der Waals surface area contributed by atoms with E-state index in [1.807, 2.05) is 0 Å². The molecule has 0 fully saturated rings. The minimum absolute atomic E-state index is 0.0426. The van der Waals surface area contributed by atoms with Crippen LogP contribution in [0.3, 0.4) is 0 Å². The summed E-state index contributed by atoms with van der Waals surface area (Å²) in [5.41, 5.74) is 5.79. The van der Waals surface area contributed by atoms with Crippen LogP contribution in [0.1, 0.15) is 0 Å². The number of hydrogen-bond donors (Lipinski definition) is 2. The minimum Gasteiger partial charge on any atom is -0.497 e. The van der Waals surface area contributed by atoms with E-state index in [0.29, 0.717) is 5.75 Å². The Morgan fingerprint density at radius 2 is 2.11 bits per heavy atom. The summed E-state index contributed by atoms with van der Waals surface area (Å²) in [6.07, 6.45) is 4.13. The van der Waals surface area contributed by atoms with E-state index >= 15 is 0 Å². The van der Waals surface area contributed by atoms with Crippen LogP contribution in [0.4, 0.5) is 11.5 Å². The monoisotopic (exact) mass is 280 g/mol. The Kier molecular flexibility index (Phi) is 3.52. The molecule has 0 aliphatic rings. The topological polar surface area (TPSA) is 107 Å². The zero-order valence-electron chi connectivity index (χ0n) is 10.1. The highest BCUT2D eigenvalue weighted by Crippen LogP contribution is 2.24. The van der Waals surface area contributed by atoms with Crippen molar-refractivity contribution in [3.63, 3.8) is 0 Å². The van der Waals surface area contributed by atoms with E-state index in [2.05, 4.69) is 14.7 Å². The highest BCUT2D eigenvalue weighted by atomic mass is 32.2. The Morgan fingerprint density at radius 1 is 1.32 bits per heavy atom. The summed E-state index contributed by atoms with van der Waals surface area (Å²) >= 11 is 0. The number of rotatable bonds is 4. The molecule has 3 N–H and O–H groups in total. The molecular formula is C11H12N4O3S. The number of methoxy groups -OCH3 is 1. The summed E-state index contributed by atoms with van der Waals surface area (Å²) in [5, 5.41) is 0. The van der Waals surface area contributed by atoms with Crippen LogP contribution in [-0.2, 0) is 10.0 Å². The van der Waals surface area contributed by atoms with Gasteiger partial charge in [-0.2, -0.15) is 0 Å². The number of nitrogens with zero attached hydrogens (tertiary/aromatic N) is 2. The van der Waals surface area contributed by atoms with Gasteiger partial charge >= 0.3 is 0 Å². The van der Waals surface area contributed by atoms with Crippen LogP contribution in [0.5, 0.6) is 5.75 Å². The van der Waals surface area contributed by atoms with Crippen molar-refractivity contribution in [2.24, 2.45) is 0 Å². The van der Waals surface area contributed by atoms with Gasteiger partial charge in [0.25, 0.3) is 10.0 Å². The zero-order chi connectivity index (χ0) is 13.9. The van der Waals surface area contributed by atoms with E-state index in [1.165, 1.54) is 43.9 Å². The Labute approximate surface area is 110 Å². The Hall–Kier alpha value is -2.35. The van der Waals surface area contributed by atoms with Crippen molar-refractivity contribution in [1.29, 1.82) is 0 Å². The van der Waals surface area contributed by atoms with Crippen molar-refractivity contribution in [1.82, 2.24) is 9.97 Å². The highest BCUT2D eigenvalue weighted by Gasteiger charge is 2.18. The van der Waals surface area contributed by atoms with Crippen LogP contribution in [0.2, 0.25) is 0 Å². The SMILES string of the molecule is COc1ccc(S(=O)(=O)Nc2cnccn2)c(N)c1. The van der Waals surface area contributed by atoms with Crippen LogP contribution in [0.15, 0.2) is 41.7 Å². The van der Waals surface area contributed by atoms with Crippen molar-refractivity contribution in [3.05, 3.63) is 36.8 Å². The van der Waals surface area contributed by atoms with E-state index in [1.54, 1.807) is 0 Å². The second kappa shape index (κ2) is 5.11. The zero-order valence-corrected chi connectivity index (χ0v) is 10.9. The molecule has 0 bridgehead atoms. The molecule has 1 heterocycles. The molecule has 0 aliphatic heterocycles. The lowest BCUT2D eigenvalue weighted by Gasteiger charge is -2.10. The number of sulfonamides is 1. The predicted molar refractivity (Wildman–Crippen MR) is 70.2 cm³/mol. The highest BCUT2D eigenvalue weighted by molar-refractivity contribution is 7.92. The largest absolute Gasteiger partial charge is 0.497 e. The Balaban J connectivity index is 2.35. The van der Waals surface area contributed by atoms with E-state index in [0.717, 1.165) is 0 Å². The van der Waals surface area contributed by atoms with Crippen molar-refractivity contribution < 1.29 is 13.2 Å². The van der Waals surface area contributed by atoms with E-state index in [-0.39, 0.29) is 16.4 Å². The molecular weight excluding hydrogens is 268 g/mol. The summed E-state index contributed by atoms with van der Waals surface area (Å²) < 4.78 is 31.5. The molecule has 1 aromatic heterocycles. The van der Waals surface area contributed by atoms with Gasteiger partial charge in [-0.15, -0.1) is 0 Å². The number of anilines is 2. The summed E-state index contributed by atoms with van der Waals surface area (Å²) in [6.45, 7) is 0. The van der Waals surface area contributed by atoms with E-state index < -0.39 is 10.0 Å². The molecule has 0 saturated carbocycles. The molecule has 0 saturated heterocycles. The van der Waals surface area contributed by atoms with Gasteiger partial charge in [-0.3, -0.25) is 9.71 Å². The van der Waals surface area contributed by atoms with Gasteiger partial charge in [0.2, 0.25) is 0 Å². The number of aromatic nitrogens is 2. The second-order valence-electron chi connectivity index (χ2n) is 3.60. The van der Waals surface area contributed by atoms with Crippen molar-refractivity contribution in [3.8, 4) is 5.75 Å². The number of nitrogens with two attached hydrogens (primary N) is 1. The minimum atomic E-state index is -3.80. The van der Waals surface area contributed by atoms with Gasteiger partial charge in [0, 0.05) is 18.5 Å². The number of hydrogen-bond acceptors (Lipinski definition) is 6. The molecule has 100 valence electrons. The first-order chi connectivity index (χ1) is 9.03. The first kappa shape index (κ1) is 13.1. The Morgan fingerprint density at radius 3 is 2.68 bits per heavy atom. The summed E-state index contributed by atoms with van der Waals surface area (Å²) in [7, 11) is -2.33. The molecule has 2 rings (SSSR count). The lowest BCUT2D eigenvalue weighted by atomic mass is 10.3. The van der Waals surface area contributed by atoms with Crippen LogP contribution >= 0.6 is 0 Å². The van der Waals surface area contributed by atoms with Crippen molar-refractivity contribution >= 4 is 21.5 Å². The molecule has 1 aromatic carbocycles. The average molecular weight is 280 g/mol. The van der Waals surface area contributed by atoms with Gasteiger partial charge in [0.05, 0.1) is 19.0 Å². The fourth-order valence-electron chi connectivity index (χ4n) is 1.44. The molecule has 0 unspecified atom stereocenters. The van der Waals surface area contributed by atoms with Gasteiger partial charge in [-0.25, -0.2) is 13.4 Å². The molecule has 8 heteroatoms. The van der Waals surface area contributed by atoms with Gasteiger partial charge in [0.15, 0.2) is 5.82 Å². The smallest absolute Gasteiger partial charge is 0.265 e. The fraction of sp³-hybridized carbons (Fsp3) is 0.0909. The summed E-state index contributed by atoms with van der Waals surface area (Å²) in [4.78, 5) is 7.56. The third-order valence-corrected chi connectivity index (χ3v) is 3.74. The quantitative estimate of drug-likeness (QED) is 0.805. The second-order valence-corrected chi connectivity index (χ2v) is 5.25. The fourth-order valence-corrected chi connectivity index (χ4v) is 2.55. The standard InChI is InChI=1S/C11H12N4O3S/c1-18-8-2-3-10(9(12)6-8)19(16,17)15-11-7-13-4-5-14-11/h2-7H,12H2,1H3,(H,14,15). The predicted octanol–water partition coefficient (Wildman–Crippen LogP) is 0.868. The lowest BCUT2D eigenvalue weighted by molar-refractivity contribution is 0.414. The number of benzene rings is 1. The maximum absolute atomic E-state index is 12.1. The third-order valence-electron chi connectivity index (χ3n) is 2.31.